The number of carbonyl (C=O) groups excluding carboxylic acids is 2. The van der Waals surface area contributed by atoms with Crippen LogP contribution in [0.3, 0.4) is 0 Å². The topological polar surface area (TPSA) is 112 Å². The maximum absolute atomic E-state index is 13.6. The van der Waals surface area contributed by atoms with Gasteiger partial charge in [-0.05, 0) is 76.6 Å². The van der Waals surface area contributed by atoms with E-state index in [2.05, 4.69) is 21.2 Å². The number of anilines is 1. The van der Waals surface area contributed by atoms with Crippen molar-refractivity contribution >= 4 is 50.4 Å². The van der Waals surface area contributed by atoms with Gasteiger partial charge >= 0.3 is 12.2 Å². The van der Waals surface area contributed by atoms with Gasteiger partial charge in [-0.2, -0.15) is 0 Å². The Bertz CT molecular complexity index is 1710. The van der Waals surface area contributed by atoms with Gasteiger partial charge in [-0.1, -0.05) is 46.3 Å². The van der Waals surface area contributed by atoms with E-state index in [1.165, 1.54) is 4.57 Å². The van der Waals surface area contributed by atoms with Crippen LogP contribution < -0.4 is 14.8 Å². The van der Waals surface area contributed by atoms with Crippen molar-refractivity contribution in [2.75, 3.05) is 17.3 Å². The van der Waals surface area contributed by atoms with Gasteiger partial charge in [0, 0.05) is 21.8 Å². The second-order valence-electron chi connectivity index (χ2n) is 11.7. The minimum absolute atomic E-state index is 0.00982. The average molecular weight is 649 g/mol. The zero-order valence-electron chi connectivity index (χ0n) is 24.7. The van der Waals surface area contributed by atoms with E-state index in [9.17, 15) is 15.0 Å². The van der Waals surface area contributed by atoms with Crippen molar-refractivity contribution in [1.82, 2.24) is 4.57 Å². The largest absolute Gasteiger partial charge is 0.493 e. The predicted octanol–water partition coefficient (Wildman–Crippen LogP) is 7.99. The molecule has 0 unspecified atom stereocenters. The van der Waals surface area contributed by atoms with Crippen molar-refractivity contribution in [2.45, 2.75) is 52.4 Å². The molecule has 0 aliphatic carbocycles. The van der Waals surface area contributed by atoms with Crippen molar-refractivity contribution in [3.05, 3.63) is 89.1 Å². The third-order valence-corrected chi connectivity index (χ3v) is 7.13. The van der Waals surface area contributed by atoms with Gasteiger partial charge in [-0.15, -0.1) is 0 Å². The highest BCUT2D eigenvalue weighted by molar-refractivity contribution is 9.09. The first-order chi connectivity index (χ1) is 20.4. The molecule has 1 aliphatic heterocycles. The number of amides is 1. The maximum Gasteiger partial charge on any atom is 0.419 e. The van der Waals surface area contributed by atoms with Crippen molar-refractivity contribution in [2.24, 2.45) is 0 Å². The molecule has 1 aromatic heterocycles. The van der Waals surface area contributed by atoms with Gasteiger partial charge in [0.2, 0.25) is 0 Å². The zero-order chi connectivity index (χ0) is 30.9. The van der Waals surface area contributed by atoms with Crippen LogP contribution in [0.25, 0.3) is 10.9 Å². The fraction of sp³-hybridized carbons (Fsp3) is 0.303. The summed E-state index contributed by atoms with van der Waals surface area (Å²) in [6, 6.07) is 20.4. The molecule has 0 atom stereocenters. The van der Waals surface area contributed by atoms with E-state index in [1.54, 1.807) is 58.9 Å². The third kappa shape index (κ3) is 6.54. The van der Waals surface area contributed by atoms with Crippen LogP contribution in [0.2, 0.25) is 0 Å². The van der Waals surface area contributed by atoms with Gasteiger partial charge in [-0.3, -0.25) is 10.7 Å². The Morgan fingerprint density at radius 3 is 2.47 bits per heavy atom. The van der Waals surface area contributed by atoms with Gasteiger partial charge in [0.15, 0.2) is 0 Å². The molecule has 0 saturated carbocycles. The number of halogens is 1. The number of alkyl halides is 1. The minimum Gasteiger partial charge on any atom is -0.493 e. The van der Waals surface area contributed by atoms with E-state index in [0.29, 0.717) is 57.8 Å². The van der Waals surface area contributed by atoms with Crippen LogP contribution in [0.5, 0.6) is 11.5 Å². The van der Waals surface area contributed by atoms with Crippen LogP contribution in [0.4, 0.5) is 15.3 Å². The molecule has 2 heterocycles. The molecule has 4 aromatic rings. The summed E-state index contributed by atoms with van der Waals surface area (Å²) < 4.78 is 24.7. The van der Waals surface area contributed by atoms with Crippen LogP contribution in [0.1, 0.15) is 57.0 Å². The molecule has 5 rings (SSSR count). The third-order valence-electron chi connectivity index (χ3n) is 6.80. The second kappa shape index (κ2) is 11.8. The molecule has 1 amide bonds. The molecule has 0 radical (unpaired) electrons. The van der Waals surface area contributed by atoms with E-state index in [-0.39, 0.29) is 11.4 Å². The van der Waals surface area contributed by atoms with E-state index < -0.39 is 23.4 Å². The van der Waals surface area contributed by atoms with Gasteiger partial charge in [-0.25, -0.2) is 14.2 Å². The van der Waals surface area contributed by atoms with Crippen LogP contribution in [-0.2, 0) is 21.7 Å². The number of benzene rings is 3. The first-order valence-electron chi connectivity index (χ1n) is 13.9. The Morgan fingerprint density at radius 2 is 1.77 bits per heavy atom. The summed E-state index contributed by atoms with van der Waals surface area (Å²) in [5.41, 5.74) is 1.45. The van der Waals surface area contributed by atoms with Crippen LogP contribution in [0.15, 0.2) is 66.7 Å². The predicted molar refractivity (Wildman–Crippen MR) is 169 cm³/mol. The lowest BCUT2D eigenvalue weighted by Crippen LogP contribution is -2.36. The fourth-order valence-electron chi connectivity index (χ4n) is 4.93. The molecule has 0 saturated heterocycles. The molecule has 2 N–H and O–H groups in total. The van der Waals surface area contributed by atoms with Gasteiger partial charge in [0.25, 0.3) is 0 Å². The lowest BCUT2D eigenvalue weighted by molar-refractivity contribution is 0.0417. The number of cyclic esters (lactones) is 1. The smallest absolute Gasteiger partial charge is 0.419 e. The lowest BCUT2D eigenvalue weighted by Gasteiger charge is -2.34. The number of rotatable bonds is 8. The van der Waals surface area contributed by atoms with Gasteiger partial charge in [0.1, 0.15) is 29.3 Å². The Balaban J connectivity index is 1.66. The summed E-state index contributed by atoms with van der Waals surface area (Å²) in [6.07, 6.45) is -1.26. The zero-order valence-corrected chi connectivity index (χ0v) is 26.3. The first kappa shape index (κ1) is 30.2. The normalized spacial score (nSPS) is 14.0. The van der Waals surface area contributed by atoms with Crippen LogP contribution >= 0.6 is 15.9 Å². The Hall–Kier alpha value is -4.31. The van der Waals surface area contributed by atoms with E-state index in [4.69, 9.17) is 18.9 Å². The molecule has 9 nitrogen and oxygen atoms in total. The minimum atomic E-state index is -1.00. The molecular formula is C33H34BrN3O6. The van der Waals surface area contributed by atoms with Gasteiger partial charge in [0.05, 0.1) is 29.2 Å². The number of ether oxygens (including phenoxy) is 4. The summed E-state index contributed by atoms with van der Waals surface area (Å²) in [7, 11) is 0. The Morgan fingerprint density at radius 1 is 1.02 bits per heavy atom. The molecule has 1 aliphatic rings. The molecule has 3 aromatic carbocycles. The summed E-state index contributed by atoms with van der Waals surface area (Å²) in [5.74, 6) is 1.12. The molecule has 0 fully saturated rings. The highest BCUT2D eigenvalue weighted by atomic mass is 79.9. The number of nitrogens with one attached hydrogen (secondary N) is 2. The number of hydrogen-bond acceptors (Lipinski definition) is 7. The number of fused-ring (bicyclic) bond motifs is 2. The lowest BCUT2D eigenvalue weighted by atomic mass is 9.90. The average Bonchev–Trinajstić information content (AvgIpc) is 3.33. The van der Waals surface area contributed by atoms with E-state index >= 15 is 0 Å². The van der Waals surface area contributed by atoms with Crippen molar-refractivity contribution < 1.29 is 28.5 Å². The summed E-state index contributed by atoms with van der Waals surface area (Å²) in [6.45, 7) is 9.70. The number of aromatic nitrogens is 1. The molecule has 0 bridgehead atoms. The standard InChI is InChI=1S/C33H34BrN3O6/c1-32(2,3)43-31(39)37-26-12-11-22(40-14-13-34)15-21(26)16-27(37)28(35)24-17-23(41-19-20-9-7-6-8-10-20)18-25-29(24)36-30(38)42-33(25,4)5/h6-12,15-18,35H,13-14,19H2,1-5H3,(H,36,38). The SMILES string of the molecule is CC(C)(C)OC(=O)n1c(C(=N)c2cc(OCc3ccccc3)cc3c2NC(=O)OC3(C)C)cc2cc(OCCBr)ccc21. The number of carbonyl (C=O) groups is 2. The quantitative estimate of drug-likeness (QED) is 0.148. The second-order valence-corrected chi connectivity index (χ2v) is 12.5. The number of hydrogen-bond donors (Lipinski definition) is 2. The Kier molecular flexibility index (Phi) is 8.25. The van der Waals surface area contributed by atoms with Crippen LogP contribution in [0, 0.1) is 5.41 Å². The summed E-state index contributed by atoms with van der Waals surface area (Å²) in [4.78, 5) is 26.2. The molecule has 43 heavy (non-hydrogen) atoms. The molecule has 224 valence electrons. The molecular weight excluding hydrogens is 614 g/mol. The van der Waals surface area contributed by atoms with Crippen molar-refractivity contribution in [3.8, 4) is 11.5 Å². The van der Waals surface area contributed by atoms with Crippen molar-refractivity contribution in [1.29, 1.82) is 5.41 Å². The number of nitrogens with zero attached hydrogens (tertiary/aromatic N) is 1. The highest BCUT2D eigenvalue weighted by Gasteiger charge is 2.37. The molecule has 10 heteroatoms. The fourth-order valence-corrected chi connectivity index (χ4v) is 5.09. The Labute approximate surface area is 258 Å². The van der Waals surface area contributed by atoms with E-state index in [1.807, 2.05) is 42.5 Å². The monoisotopic (exact) mass is 647 g/mol. The highest BCUT2D eigenvalue weighted by Crippen LogP contribution is 2.41. The first-order valence-corrected chi connectivity index (χ1v) is 15.0. The van der Waals surface area contributed by atoms with Crippen LogP contribution in [-0.4, -0.2) is 40.0 Å². The van der Waals surface area contributed by atoms with Gasteiger partial charge < -0.3 is 18.9 Å². The summed E-state index contributed by atoms with van der Waals surface area (Å²) in [5, 5.41) is 13.6. The molecule has 0 spiro atoms. The summed E-state index contributed by atoms with van der Waals surface area (Å²) >= 11 is 3.37. The maximum atomic E-state index is 13.6. The van der Waals surface area contributed by atoms with Crippen molar-refractivity contribution in [3.63, 3.8) is 0 Å². The van der Waals surface area contributed by atoms with E-state index in [0.717, 1.165) is 5.56 Å².